The molecule has 0 aliphatic rings. The van der Waals surface area contributed by atoms with E-state index in [4.69, 9.17) is 10.5 Å². The van der Waals surface area contributed by atoms with Gasteiger partial charge in [-0.25, -0.2) is 4.98 Å². The molecule has 0 saturated carbocycles. The SMILES string of the molecule is CCCCOc1nc(N)ncc1[N+](=O)[O-]. The number of hydrogen-bond acceptors (Lipinski definition) is 6. The van der Waals surface area contributed by atoms with Gasteiger partial charge in [0.05, 0.1) is 11.5 Å². The number of hydrogen-bond donors (Lipinski definition) is 1. The zero-order valence-corrected chi connectivity index (χ0v) is 8.34. The van der Waals surface area contributed by atoms with Crippen LogP contribution in [0.1, 0.15) is 19.8 Å². The minimum atomic E-state index is -0.597. The van der Waals surface area contributed by atoms with E-state index in [1.54, 1.807) is 0 Å². The molecule has 0 aromatic carbocycles. The normalized spacial score (nSPS) is 9.93. The Morgan fingerprint density at radius 3 is 3.00 bits per heavy atom. The molecular weight excluding hydrogens is 200 g/mol. The molecule has 0 aliphatic carbocycles. The first-order chi connectivity index (χ1) is 7.15. The van der Waals surface area contributed by atoms with E-state index >= 15 is 0 Å². The van der Waals surface area contributed by atoms with Gasteiger partial charge in [-0.3, -0.25) is 10.1 Å². The van der Waals surface area contributed by atoms with Crippen molar-refractivity contribution >= 4 is 11.6 Å². The number of ether oxygens (including phenoxy) is 1. The molecule has 0 amide bonds. The van der Waals surface area contributed by atoms with Crippen molar-refractivity contribution in [2.75, 3.05) is 12.3 Å². The van der Waals surface area contributed by atoms with E-state index < -0.39 is 4.92 Å². The van der Waals surface area contributed by atoms with Gasteiger partial charge < -0.3 is 10.5 Å². The molecule has 0 saturated heterocycles. The Kier molecular flexibility index (Phi) is 3.78. The molecule has 0 spiro atoms. The number of rotatable bonds is 5. The summed E-state index contributed by atoms with van der Waals surface area (Å²) in [5.74, 6) is -0.104. The highest BCUT2D eigenvalue weighted by atomic mass is 16.6. The fraction of sp³-hybridized carbons (Fsp3) is 0.500. The van der Waals surface area contributed by atoms with Crippen LogP contribution in [0.15, 0.2) is 6.20 Å². The lowest BCUT2D eigenvalue weighted by Crippen LogP contribution is -2.05. The third-order valence-electron chi connectivity index (χ3n) is 1.69. The summed E-state index contributed by atoms with van der Waals surface area (Å²) < 4.78 is 5.15. The second-order valence-corrected chi connectivity index (χ2v) is 2.88. The van der Waals surface area contributed by atoms with Crippen molar-refractivity contribution in [3.63, 3.8) is 0 Å². The van der Waals surface area contributed by atoms with Gasteiger partial charge in [0, 0.05) is 0 Å². The van der Waals surface area contributed by atoms with Crippen molar-refractivity contribution in [3.05, 3.63) is 16.3 Å². The van der Waals surface area contributed by atoms with Crippen LogP contribution >= 0.6 is 0 Å². The quantitative estimate of drug-likeness (QED) is 0.446. The highest BCUT2D eigenvalue weighted by Crippen LogP contribution is 2.23. The largest absolute Gasteiger partial charge is 0.473 e. The summed E-state index contributed by atoms with van der Waals surface area (Å²) in [6, 6.07) is 0. The molecule has 0 radical (unpaired) electrons. The number of nitrogen functional groups attached to an aromatic ring is 1. The highest BCUT2D eigenvalue weighted by Gasteiger charge is 2.17. The summed E-state index contributed by atoms with van der Waals surface area (Å²) in [6.07, 6.45) is 2.79. The molecule has 2 N–H and O–H groups in total. The molecule has 0 bridgehead atoms. The first-order valence-corrected chi connectivity index (χ1v) is 4.55. The summed E-state index contributed by atoms with van der Waals surface area (Å²) >= 11 is 0. The number of nitro groups is 1. The molecule has 0 atom stereocenters. The fourth-order valence-electron chi connectivity index (χ4n) is 0.917. The summed E-state index contributed by atoms with van der Waals surface area (Å²) in [4.78, 5) is 17.2. The second-order valence-electron chi connectivity index (χ2n) is 2.88. The third-order valence-corrected chi connectivity index (χ3v) is 1.69. The van der Waals surface area contributed by atoms with E-state index in [1.807, 2.05) is 6.92 Å². The van der Waals surface area contributed by atoms with Crippen LogP contribution in [0.4, 0.5) is 11.6 Å². The van der Waals surface area contributed by atoms with Crippen molar-refractivity contribution in [2.45, 2.75) is 19.8 Å². The second kappa shape index (κ2) is 5.08. The monoisotopic (exact) mass is 212 g/mol. The standard InChI is InChI=1S/C8H12N4O3/c1-2-3-4-15-7-6(12(13)14)5-10-8(9)11-7/h5H,2-4H2,1H3,(H2,9,10,11). The van der Waals surface area contributed by atoms with Gasteiger partial charge in [0.2, 0.25) is 5.95 Å². The minimum absolute atomic E-state index is 0.0351. The Balaban J connectivity index is 2.82. The smallest absolute Gasteiger partial charge is 0.349 e. The van der Waals surface area contributed by atoms with Gasteiger partial charge in [0.15, 0.2) is 0 Å². The summed E-state index contributed by atoms with van der Waals surface area (Å²) in [7, 11) is 0. The average molecular weight is 212 g/mol. The molecule has 82 valence electrons. The van der Waals surface area contributed by atoms with Crippen LogP contribution in [0.3, 0.4) is 0 Å². The van der Waals surface area contributed by atoms with E-state index in [0.29, 0.717) is 6.61 Å². The van der Waals surface area contributed by atoms with Crippen LogP contribution in [0.5, 0.6) is 5.88 Å². The maximum absolute atomic E-state index is 10.6. The van der Waals surface area contributed by atoms with Gasteiger partial charge >= 0.3 is 5.69 Å². The molecule has 1 aromatic heterocycles. The minimum Gasteiger partial charge on any atom is -0.473 e. The molecule has 1 aromatic rings. The van der Waals surface area contributed by atoms with Crippen LogP contribution < -0.4 is 10.5 Å². The van der Waals surface area contributed by atoms with Crippen molar-refractivity contribution < 1.29 is 9.66 Å². The molecule has 7 nitrogen and oxygen atoms in total. The number of nitrogens with two attached hydrogens (primary N) is 1. The first-order valence-electron chi connectivity index (χ1n) is 4.55. The fourth-order valence-corrected chi connectivity index (χ4v) is 0.917. The van der Waals surface area contributed by atoms with E-state index in [-0.39, 0.29) is 17.5 Å². The Bertz CT molecular complexity index is 356. The van der Waals surface area contributed by atoms with Crippen molar-refractivity contribution in [3.8, 4) is 5.88 Å². The Hall–Kier alpha value is -1.92. The number of unbranched alkanes of at least 4 members (excludes halogenated alkanes) is 1. The molecule has 7 heteroatoms. The summed E-state index contributed by atoms with van der Waals surface area (Å²) in [6.45, 7) is 2.37. The molecular formula is C8H12N4O3. The predicted molar refractivity (Wildman–Crippen MR) is 53.5 cm³/mol. The van der Waals surface area contributed by atoms with Gasteiger partial charge in [0.1, 0.15) is 6.20 Å². The Morgan fingerprint density at radius 1 is 1.67 bits per heavy atom. The van der Waals surface area contributed by atoms with E-state index in [2.05, 4.69) is 9.97 Å². The van der Waals surface area contributed by atoms with Crippen LogP contribution in [0, 0.1) is 10.1 Å². The first kappa shape index (κ1) is 11.2. The van der Waals surface area contributed by atoms with Gasteiger partial charge in [-0.15, -0.1) is 0 Å². The van der Waals surface area contributed by atoms with E-state index in [0.717, 1.165) is 19.0 Å². The van der Waals surface area contributed by atoms with Crippen molar-refractivity contribution in [2.24, 2.45) is 0 Å². The van der Waals surface area contributed by atoms with Crippen molar-refractivity contribution in [1.82, 2.24) is 9.97 Å². The average Bonchev–Trinajstić information content (AvgIpc) is 2.18. The zero-order chi connectivity index (χ0) is 11.3. The lowest BCUT2D eigenvalue weighted by atomic mass is 10.4. The highest BCUT2D eigenvalue weighted by molar-refractivity contribution is 5.41. The molecule has 15 heavy (non-hydrogen) atoms. The van der Waals surface area contributed by atoms with Crippen LogP contribution in [0.2, 0.25) is 0 Å². The number of aromatic nitrogens is 2. The van der Waals surface area contributed by atoms with Gasteiger partial charge in [-0.2, -0.15) is 4.98 Å². The molecule has 1 rings (SSSR count). The molecule has 1 heterocycles. The molecule has 0 aliphatic heterocycles. The lowest BCUT2D eigenvalue weighted by molar-refractivity contribution is -0.386. The van der Waals surface area contributed by atoms with Gasteiger partial charge in [-0.1, -0.05) is 13.3 Å². The van der Waals surface area contributed by atoms with Crippen LogP contribution in [0.25, 0.3) is 0 Å². The summed E-state index contributed by atoms with van der Waals surface area (Å²) in [5.41, 5.74) is 5.04. The van der Waals surface area contributed by atoms with Crippen LogP contribution in [-0.2, 0) is 0 Å². The Labute approximate surface area is 86.4 Å². The molecule has 0 unspecified atom stereocenters. The summed E-state index contributed by atoms with van der Waals surface area (Å²) in [5, 5.41) is 10.6. The maximum atomic E-state index is 10.6. The van der Waals surface area contributed by atoms with E-state index in [1.165, 1.54) is 0 Å². The lowest BCUT2D eigenvalue weighted by Gasteiger charge is -2.04. The predicted octanol–water partition coefficient (Wildman–Crippen LogP) is 1.15. The third kappa shape index (κ3) is 3.04. The van der Waals surface area contributed by atoms with Gasteiger partial charge in [-0.05, 0) is 6.42 Å². The Morgan fingerprint density at radius 2 is 2.40 bits per heavy atom. The van der Waals surface area contributed by atoms with Crippen molar-refractivity contribution in [1.29, 1.82) is 0 Å². The molecule has 0 fully saturated rings. The maximum Gasteiger partial charge on any atom is 0.349 e. The number of anilines is 1. The van der Waals surface area contributed by atoms with Crippen LogP contribution in [-0.4, -0.2) is 21.5 Å². The van der Waals surface area contributed by atoms with Gasteiger partial charge in [0.25, 0.3) is 5.88 Å². The van der Waals surface area contributed by atoms with E-state index in [9.17, 15) is 10.1 Å². The topological polar surface area (TPSA) is 104 Å². The number of nitrogens with zero attached hydrogens (tertiary/aromatic N) is 3. The zero-order valence-electron chi connectivity index (χ0n) is 8.34.